The van der Waals surface area contributed by atoms with E-state index in [1.54, 1.807) is 4.90 Å². The van der Waals surface area contributed by atoms with Crippen molar-refractivity contribution in [2.45, 2.75) is 46.5 Å². The molecule has 4 nitrogen and oxygen atoms in total. The number of benzene rings is 1. The predicted molar refractivity (Wildman–Crippen MR) is 80.0 cm³/mol. The van der Waals surface area contributed by atoms with Gasteiger partial charge in [0.15, 0.2) is 0 Å². The lowest BCUT2D eigenvalue weighted by Gasteiger charge is -2.25. The van der Waals surface area contributed by atoms with Crippen LogP contribution >= 0.6 is 0 Å². The molecular formula is C16H23NO3. The molecule has 1 amide bonds. The molecule has 1 aromatic carbocycles. The second kappa shape index (κ2) is 7.68. The molecule has 4 heteroatoms. The summed E-state index contributed by atoms with van der Waals surface area (Å²) in [5.74, 6) is -0.884. The minimum atomic E-state index is -0.886. The molecule has 0 spiro atoms. The number of hydrogen-bond acceptors (Lipinski definition) is 2. The van der Waals surface area contributed by atoms with Crippen LogP contribution in [0.5, 0.6) is 0 Å². The number of nitrogens with zero attached hydrogens (tertiary/aromatic N) is 1. The minimum Gasteiger partial charge on any atom is -0.481 e. The molecule has 0 atom stereocenters. The van der Waals surface area contributed by atoms with Crippen LogP contribution in [0.25, 0.3) is 0 Å². The van der Waals surface area contributed by atoms with Gasteiger partial charge in [-0.1, -0.05) is 25.5 Å². The Labute approximate surface area is 120 Å². The fourth-order valence-electron chi connectivity index (χ4n) is 2.08. The monoisotopic (exact) mass is 277 g/mol. The van der Waals surface area contributed by atoms with Crippen LogP contribution in [-0.4, -0.2) is 23.5 Å². The van der Waals surface area contributed by atoms with Crippen LogP contribution in [0.1, 0.15) is 43.7 Å². The number of hydrogen-bond donors (Lipinski definition) is 1. The molecule has 0 aliphatic carbocycles. The molecule has 0 bridgehead atoms. The van der Waals surface area contributed by atoms with Gasteiger partial charge in [-0.3, -0.25) is 9.59 Å². The van der Waals surface area contributed by atoms with Gasteiger partial charge in [0.1, 0.15) is 0 Å². The molecule has 0 aromatic heterocycles. The Morgan fingerprint density at radius 3 is 2.50 bits per heavy atom. The molecule has 0 radical (unpaired) electrons. The van der Waals surface area contributed by atoms with Gasteiger partial charge in [-0.15, -0.1) is 0 Å². The number of aliphatic carboxylic acids is 1. The van der Waals surface area contributed by atoms with E-state index in [2.05, 4.69) is 0 Å². The highest BCUT2D eigenvalue weighted by Gasteiger charge is 2.18. The van der Waals surface area contributed by atoms with Crippen molar-refractivity contribution in [3.05, 3.63) is 29.3 Å². The Kier molecular flexibility index (Phi) is 6.22. The van der Waals surface area contributed by atoms with Gasteiger partial charge >= 0.3 is 5.97 Å². The first-order valence-corrected chi connectivity index (χ1v) is 7.05. The topological polar surface area (TPSA) is 57.6 Å². The zero-order valence-corrected chi connectivity index (χ0v) is 12.5. The maximum Gasteiger partial charge on any atom is 0.305 e. The van der Waals surface area contributed by atoms with Crippen LogP contribution in [0, 0.1) is 13.8 Å². The number of rotatable bonds is 7. The third kappa shape index (κ3) is 4.37. The summed E-state index contributed by atoms with van der Waals surface area (Å²) in [6.07, 6.45) is 2.20. The summed E-state index contributed by atoms with van der Waals surface area (Å²) < 4.78 is 0. The Balaban J connectivity index is 2.99. The third-order valence-electron chi connectivity index (χ3n) is 3.46. The summed E-state index contributed by atoms with van der Waals surface area (Å²) >= 11 is 0. The van der Waals surface area contributed by atoms with Gasteiger partial charge in [0.05, 0.1) is 6.42 Å². The Bertz CT molecular complexity index is 483. The Morgan fingerprint density at radius 1 is 1.20 bits per heavy atom. The summed E-state index contributed by atoms with van der Waals surface area (Å²) in [6.45, 7) is 6.21. The smallest absolute Gasteiger partial charge is 0.305 e. The first-order chi connectivity index (χ1) is 9.47. The molecule has 1 N–H and O–H groups in total. The summed E-state index contributed by atoms with van der Waals surface area (Å²) in [5.41, 5.74) is 2.96. The summed E-state index contributed by atoms with van der Waals surface area (Å²) in [4.78, 5) is 24.7. The minimum absolute atomic E-state index is 0.00167. The van der Waals surface area contributed by atoms with Gasteiger partial charge in [0.25, 0.3) is 0 Å². The maximum absolute atomic E-state index is 12.3. The highest BCUT2D eigenvalue weighted by molar-refractivity contribution is 5.94. The van der Waals surface area contributed by atoms with Crippen molar-refractivity contribution in [1.29, 1.82) is 0 Å². The lowest BCUT2D eigenvalue weighted by atomic mass is 10.1. The van der Waals surface area contributed by atoms with Crippen LogP contribution in [0.4, 0.5) is 5.69 Å². The van der Waals surface area contributed by atoms with Gasteiger partial charge in [0, 0.05) is 18.7 Å². The van der Waals surface area contributed by atoms with Gasteiger partial charge in [-0.2, -0.15) is 0 Å². The number of carboxylic acid groups (broad SMARTS) is 1. The Morgan fingerprint density at radius 2 is 1.90 bits per heavy atom. The summed E-state index contributed by atoms with van der Waals surface area (Å²) in [6, 6.07) is 5.78. The maximum atomic E-state index is 12.3. The Hall–Kier alpha value is -1.84. The molecule has 1 aromatic rings. The number of carbonyl (C=O) groups is 2. The largest absolute Gasteiger partial charge is 0.481 e. The molecule has 110 valence electrons. The molecule has 0 unspecified atom stereocenters. The molecular weight excluding hydrogens is 254 g/mol. The van der Waals surface area contributed by atoms with Crippen LogP contribution in [0.3, 0.4) is 0 Å². The number of anilines is 1. The van der Waals surface area contributed by atoms with Crippen molar-refractivity contribution in [3.8, 4) is 0 Å². The van der Waals surface area contributed by atoms with Gasteiger partial charge in [-0.25, -0.2) is 0 Å². The van der Waals surface area contributed by atoms with E-state index in [0.717, 1.165) is 29.7 Å². The molecule has 0 aliphatic rings. The molecule has 0 heterocycles. The van der Waals surface area contributed by atoms with Crippen LogP contribution in [-0.2, 0) is 9.59 Å². The lowest BCUT2D eigenvalue weighted by Crippen LogP contribution is -2.33. The van der Waals surface area contributed by atoms with E-state index in [0.29, 0.717) is 6.42 Å². The highest BCUT2D eigenvalue weighted by atomic mass is 16.4. The highest BCUT2D eigenvalue weighted by Crippen LogP contribution is 2.24. The number of unbranched alkanes of at least 4 members (excludes halogenated alkanes) is 1. The SMILES string of the molecule is CCCCC(=O)N(CCC(=O)O)c1cccc(C)c1C. The number of carboxylic acids is 1. The second-order valence-corrected chi connectivity index (χ2v) is 5.01. The van der Waals surface area contributed by atoms with E-state index in [-0.39, 0.29) is 18.9 Å². The van der Waals surface area contributed by atoms with Crippen molar-refractivity contribution in [2.75, 3.05) is 11.4 Å². The molecule has 0 saturated carbocycles. The number of carbonyl (C=O) groups excluding carboxylic acids is 1. The standard InChI is InChI=1S/C16H23NO3/c1-4-5-9-15(18)17(11-10-16(19)20)14-8-6-7-12(2)13(14)3/h6-8H,4-5,9-11H2,1-3H3,(H,19,20). The number of amides is 1. The van der Waals surface area contributed by atoms with E-state index in [1.165, 1.54) is 0 Å². The van der Waals surface area contributed by atoms with E-state index in [9.17, 15) is 9.59 Å². The first-order valence-electron chi connectivity index (χ1n) is 7.05. The van der Waals surface area contributed by atoms with Gasteiger partial charge in [0.2, 0.25) is 5.91 Å². The van der Waals surface area contributed by atoms with Gasteiger partial charge in [-0.05, 0) is 37.5 Å². The average Bonchev–Trinajstić information content (AvgIpc) is 2.40. The third-order valence-corrected chi connectivity index (χ3v) is 3.46. The zero-order valence-electron chi connectivity index (χ0n) is 12.5. The molecule has 1 rings (SSSR count). The van der Waals surface area contributed by atoms with Crippen LogP contribution in [0.2, 0.25) is 0 Å². The quantitative estimate of drug-likeness (QED) is 0.832. The second-order valence-electron chi connectivity index (χ2n) is 5.01. The van der Waals surface area contributed by atoms with Crippen molar-refractivity contribution < 1.29 is 14.7 Å². The van der Waals surface area contributed by atoms with Crippen molar-refractivity contribution in [2.24, 2.45) is 0 Å². The fourth-order valence-corrected chi connectivity index (χ4v) is 2.08. The van der Waals surface area contributed by atoms with E-state index in [4.69, 9.17) is 5.11 Å². The average molecular weight is 277 g/mol. The molecule has 0 fully saturated rings. The molecule has 0 saturated heterocycles. The summed E-state index contributed by atoms with van der Waals surface area (Å²) in [7, 11) is 0. The van der Waals surface area contributed by atoms with Gasteiger partial charge < -0.3 is 10.0 Å². The molecule has 0 aliphatic heterocycles. The van der Waals surface area contributed by atoms with E-state index >= 15 is 0 Å². The fraction of sp³-hybridized carbons (Fsp3) is 0.500. The number of aryl methyl sites for hydroxylation is 1. The lowest BCUT2D eigenvalue weighted by molar-refractivity contribution is -0.136. The summed E-state index contributed by atoms with van der Waals surface area (Å²) in [5, 5.41) is 8.85. The van der Waals surface area contributed by atoms with Crippen molar-refractivity contribution >= 4 is 17.6 Å². The van der Waals surface area contributed by atoms with E-state index in [1.807, 2.05) is 39.0 Å². The molecule has 20 heavy (non-hydrogen) atoms. The van der Waals surface area contributed by atoms with Crippen LogP contribution in [0.15, 0.2) is 18.2 Å². The zero-order chi connectivity index (χ0) is 15.1. The van der Waals surface area contributed by atoms with E-state index < -0.39 is 5.97 Å². The van der Waals surface area contributed by atoms with Crippen LogP contribution < -0.4 is 4.90 Å². The normalized spacial score (nSPS) is 10.3. The van der Waals surface area contributed by atoms with Crippen molar-refractivity contribution in [3.63, 3.8) is 0 Å². The predicted octanol–water partition coefficient (Wildman–Crippen LogP) is 3.30. The van der Waals surface area contributed by atoms with Crippen molar-refractivity contribution in [1.82, 2.24) is 0 Å². The first kappa shape index (κ1) is 16.2.